The minimum Gasteiger partial charge on any atom is -0.457 e. The Kier molecular flexibility index (Phi) is 6.05. The van der Waals surface area contributed by atoms with Crippen molar-refractivity contribution in [2.75, 3.05) is 17.2 Å². The molecule has 138 valence electrons. The van der Waals surface area contributed by atoms with Gasteiger partial charge in [0.1, 0.15) is 17.3 Å². The van der Waals surface area contributed by atoms with Gasteiger partial charge in [0.05, 0.1) is 5.56 Å². The Morgan fingerprint density at radius 1 is 0.963 bits per heavy atom. The van der Waals surface area contributed by atoms with Crippen molar-refractivity contribution >= 4 is 17.4 Å². The van der Waals surface area contributed by atoms with Crippen LogP contribution in [0.4, 0.5) is 11.5 Å². The van der Waals surface area contributed by atoms with E-state index in [1.807, 2.05) is 60.7 Å². The second-order valence-corrected chi connectivity index (χ2v) is 6.60. The predicted molar refractivity (Wildman–Crippen MR) is 108 cm³/mol. The van der Waals surface area contributed by atoms with Crippen LogP contribution in [-0.2, 0) is 0 Å². The molecule has 0 atom stereocenters. The van der Waals surface area contributed by atoms with E-state index in [0.717, 1.165) is 18.1 Å². The molecule has 0 bridgehead atoms. The fourth-order valence-electron chi connectivity index (χ4n) is 2.38. The highest BCUT2D eigenvalue weighted by Gasteiger charge is 2.07. The summed E-state index contributed by atoms with van der Waals surface area (Å²) in [6.07, 6.45) is 1.57. The average Bonchev–Trinajstić information content (AvgIpc) is 2.69. The summed E-state index contributed by atoms with van der Waals surface area (Å²) in [5, 5.41) is 6.09. The van der Waals surface area contributed by atoms with Gasteiger partial charge in [0.15, 0.2) is 0 Å². The van der Waals surface area contributed by atoms with Gasteiger partial charge in [0, 0.05) is 18.4 Å². The highest BCUT2D eigenvalue weighted by Crippen LogP contribution is 2.22. The number of nitrogens with one attached hydrogen (secondary N) is 2. The lowest BCUT2D eigenvalue weighted by molar-refractivity contribution is 0.102. The average molecular weight is 361 g/mol. The molecule has 2 N–H and O–H groups in total. The summed E-state index contributed by atoms with van der Waals surface area (Å²) in [6, 6.07) is 20.4. The molecule has 0 aliphatic carbocycles. The Balaban J connectivity index is 1.57. The standard InChI is InChI=1S/C22H23N3O2/c1-16(2)14-23-21-13-8-17(15-24-21)22(26)25-18-9-11-20(12-10-18)27-19-6-4-3-5-7-19/h3-13,15-16H,14H2,1-2H3,(H,23,24)(H,25,26). The summed E-state index contributed by atoms with van der Waals surface area (Å²) in [6.45, 7) is 5.10. The second-order valence-electron chi connectivity index (χ2n) is 6.60. The number of benzene rings is 2. The number of nitrogens with zero attached hydrogens (tertiary/aromatic N) is 1. The molecule has 1 heterocycles. The van der Waals surface area contributed by atoms with Crippen molar-refractivity contribution in [3.63, 3.8) is 0 Å². The number of carbonyl (C=O) groups is 1. The van der Waals surface area contributed by atoms with Gasteiger partial charge < -0.3 is 15.4 Å². The van der Waals surface area contributed by atoms with Gasteiger partial charge in [-0.1, -0.05) is 32.0 Å². The number of pyridine rings is 1. The monoisotopic (exact) mass is 361 g/mol. The van der Waals surface area contributed by atoms with Crippen LogP contribution in [0.1, 0.15) is 24.2 Å². The van der Waals surface area contributed by atoms with Gasteiger partial charge in [-0.2, -0.15) is 0 Å². The molecule has 0 saturated heterocycles. The summed E-state index contributed by atoms with van der Waals surface area (Å²) < 4.78 is 5.75. The highest BCUT2D eigenvalue weighted by atomic mass is 16.5. The minimum absolute atomic E-state index is 0.199. The van der Waals surface area contributed by atoms with Crippen LogP contribution in [0.3, 0.4) is 0 Å². The number of anilines is 2. The second kappa shape index (κ2) is 8.85. The van der Waals surface area contributed by atoms with Gasteiger partial charge in [-0.25, -0.2) is 4.98 Å². The zero-order chi connectivity index (χ0) is 19.1. The summed E-state index contributed by atoms with van der Waals surface area (Å²) >= 11 is 0. The van der Waals surface area contributed by atoms with Gasteiger partial charge in [0.2, 0.25) is 0 Å². The molecule has 3 aromatic rings. The van der Waals surface area contributed by atoms with Crippen LogP contribution < -0.4 is 15.4 Å². The number of hydrogen-bond acceptors (Lipinski definition) is 4. The van der Waals surface area contributed by atoms with Gasteiger partial charge >= 0.3 is 0 Å². The normalized spacial score (nSPS) is 10.5. The maximum absolute atomic E-state index is 12.4. The Hall–Kier alpha value is -3.34. The van der Waals surface area contributed by atoms with E-state index in [4.69, 9.17) is 4.74 Å². The number of aromatic nitrogens is 1. The van der Waals surface area contributed by atoms with Gasteiger partial charge in [-0.15, -0.1) is 0 Å². The minimum atomic E-state index is -0.199. The molecule has 0 unspecified atom stereocenters. The van der Waals surface area contributed by atoms with Gasteiger partial charge in [-0.05, 0) is 54.4 Å². The van der Waals surface area contributed by atoms with E-state index >= 15 is 0 Å². The summed E-state index contributed by atoms with van der Waals surface area (Å²) in [5.74, 6) is 2.58. The first-order valence-corrected chi connectivity index (χ1v) is 8.94. The number of hydrogen-bond donors (Lipinski definition) is 2. The Morgan fingerprint density at radius 3 is 2.30 bits per heavy atom. The lowest BCUT2D eigenvalue weighted by Gasteiger charge is -2.10. The smallest absolute Gasteiger partial charge is 0.257 e. The molecule has 1 amide bonds. The number of para-hydroxylation sites is 1. The molecular formula is C22H23N3O2. The first-order valence-electron chi connectivity index (χ1n) is 8.94. The van der Waals surface area contributed by atoms with E-state index in [0.29, 0.717) is 22.9 Å². The number of carbonyl (C=O) groups excluding carboxylic acids is 1. The van der Waals surface area contributed by atoms with Crippen molar-refractivity contribution in [3.8, 4) is 11.5 Å². The number of rotatable bonds is 7. The van der Waals surface area contributed by atoms with E-state index in [9.17, 15) is 4.79 Å². The zero-order valence-corrected chi connectivity index (χ0v) is 15.5. The van der Waals surface area contributed by atoms with Crippen molar-refractivity contribution in [1.82, 2.24) is 4.98 Å². The molecule has 0 fully saturated rings. The van der Waals surface area contributed by atoms with Crippen molar-refractivity contribution in [3.05, 3.63) is 78.5 Å². The van der Waals surface area contributed by atoms with Gasteiger partial charge in [0.25, 0.3) is 5.91 Å². The molecule has 3 rings (SSSR count). The van der Waals surface area contributed by atoms with Crippen LogP contribution in [0, 0.1) is 5.92 Å². The molecule has 0 aliphatic rings. The zero-order valence-electron chi connectivity index (χ0n) is 15.5. The summed E-state index contributed by atoms with van der Waals surface area (Å²) in [7, 11) is 0. The third-order valence-electron chi connectivity index (χ3n) is 3.81. The Labute approximate surface area is 159 Å². The number of amides is 1. The Morgan fingerprint density at radius 2 is 1.67 bits per heavy atom. The van der Waals surface area contributed by atoms with Crippen LogP contribution in [0.5, 0.6) is 11.5 Å². The number of ether oxygens (including phenoxy) is 1. The van der Waals surface area contributed by atoms with Crippen LogP contribution in [0.25, 0.3) is 0 Å². The molecular weight excluding hydrogens is 338 g/mol. The van der Waals surface area contributed by atoms with Crippen molar-refractivity contribution < 1.29 is 9.53 Å². The fraction of sp³-hybridized carbons (Fsp3) is 0.182. The largest absolute Gasteiger partial charge is 0.457 e. The molecule has 0 radical (unpaired) electrons. The van der Waals surface area contributed by atoms with Crippen LogP contribution in [0.2, 0.25) is 0 Å². The SMILES string of the molecule is CC(C)CNc1ccc(C(=O)Nc2ccc(Oc3ccccc3)cc2)cn1. The van der Waals surface area contributed by atoms with Crippen molar-refractivity contribution in [1.29, 1.82) is 0 Å². The van der Waals surface area contributed by atoms with E-state index in [2.05, 4.69) is 29.5 Å². The topological polar surface area (TPSA) is 63.2 Å². The predicted octanol–water partition coefficient (Wildman–Crippen LogP) is 5.19. The molecule has 1 aromatic heterocycles. The molecule has 0 spiro atoms. The fourth-order valence-corrected chi connectivity index (χ4v) is 2.38. The van der Waals surface area contributed by atoms with Crippen LogP contribution in [0.15, 0.2) is 72.9 Å². The lowest BCUT2D eigenvalue weighted by Crippen LogP contribution is -2.13. The van der Waals surface area contributed by atoms with E-state index in [1.54, 1.807) is 12.3 Å². The third kappa shape index (κ3) is 5.57. The first-order chi connectivity index (χ1) is 13.1. The molecule has 0 aliphatic heterocycles. The quantitative estimate of drug-likeness (QED) is 0.607. The van der Waals surface area contributed by atoms with E-state index in [-0.39, 0.29) is 5.91 Å². The van der Waals surface area contributed by atoms with Crippen molar-refractivity contribution in [2.45, 2.75) is 13.8 Å². The third-order valence-corrected chi connectivity index (χ3v) is 3.81. The molecule has 0 saturated carbocycles. The molecule has 5 heteroatoms. The van der Waals surface area contributed by atoms with Crippen LogP contribution >= 0.6 is 0 Å². The molecule has 27 heavy (non-hydrogen) atoms. The van der Waals surface area contributed by atoms with Crippen molar-refractivity contribution in [2.24, 2.45) is 5.92 Å². The maximum Gasteiger partial charge on any atom is 0.257 e. The van der Waals surface area contributed by atoms with Crippen LogP contribution in [-0.4, -0.2) is 17.4 Å². The Bertz CT molecular complexity index is 860. The summed E-state index contributed by atoms with van der Waals surface area (Å²) in [4.78, 5) is 16.6. The first kappa shape index (κ1) is 18.5. The van der Waals surface area contributed by atoms with E-state index in [1.165, 1.54) is 0 Å². The molecule has 5 nitrogen and oxygen atoms in total. The molecule has 2 aromatic carbocycles. The maximum atomic E-state index is 12.4. The van der Waals surface area contributed by atoms with E-state index < -0.39 is 0 Å². The lowest BCUT2D eigenvalue weighted by atomic mass is 10.2. The summed E-state index contributed by atoms with van der Waals surface area (Å²) in [5.41, 5.74) is 1.21. The van der Waals surface area contributed by atoms with Gasteiger partial charge in [-0.3, -0.25) is 4.79 Å². The highest BCUT2D eigenvalue weighted by molar-refractivity contribution is 6.04.